The lowest BCUT2D eigenvalue weighted by molar-refractivity contribution is 0.764. The fraction of sp³-hybridized carbons (Fsp3) is 0.308. The Bertz CT molecular complexity index is 495. The lowest BCUT2D eigenvalue weighted by atomic mass is 10.0. The lowest BCUT2D eigenvalue weighted by Gasteiger charge is -2.05. The van der Waals surface area contributed by atoms with Gasteiger partial charge in [0.1, 0.15) is 0 Å². The average Bonchev–Trinajstić information content (AvgIpc) is 2.54. The molecule has 2 N–H and O–H groups in total. The Kier molecular flexibility index (Phi) is 2.79. The predicted octanol–water partition coefficient (Wildman–Crippen LogP) is 2.16. The van der Waals surface area contributed by atoms with Gasteiger partial charge < -0.3 is 5.73 Å². The number of nitrogens with two attached hydrogens (primary N) is 1. The van der Waals surface area contributed by atoms with Crippen molar-refractivity contribution in [3.05, 3.63) is 41.1 Å². The van der Waals surface area contributed by atoms with Gasteiger partial charge in [0.05, 0.1) is 11.4 Å². The third-order valence-corrected chi connectivity index (χ3v) is 2.88. The second kappa shape index (κ2) is 4.10. The summed E-state index contributed by atoms with van der Waals surface area (Å²) in [5, 5.41) is 4.42. The first-order chi connectivity index (χ1) is 7.63. The summed E-state index contributed by atoms with van der Waals surface area (Å²) in [5.41, 5.74) is 11.5. The Morgan fingerprint density at radius 3 is 2.38 bits per heavy atom. The summed E-state index contributed by atoms with van der Waals surface area (Å²) >= 11 is 0. The van der Waals surface area contributed by atoms with E-state index in [9.17, 15) is 0 Å². The topological polar surface area (TPSA) is 43.8 Å². The molecule has 1 aromatic carbocycles. The third-order valence-electron chi connectivity index (χ3n) is 2.88. The maximum absolute atomic E-state index is 5.78. The number of nitrogens with zero attached hydrogens (tertiary/aromatic N) is 2. The first-order valence-electron chi connectivity index (χ1n) is 5.43. The van der Waals surface area contributed by atoms with Gasteiger partial charge in [-0.3, -0.25) is 4.68 Å². The van der Waals surface area contributed by atoms with Crippen LogP contribution in [-0.2, 0) is 13.6 Å². The summed E-state index contributed by atoms with van der Waals surface area (Å²) < 4.78 is 1.90. The van der Waals surface area contributed by atoms with Gasteiger partial charge in [-0.05, 0) is 13.8 Å². The zero-order valence-corrected chi connectivity index (χ0v) is 9.99. The molecule has 0 saturated heterocycles. The van der Waals surface area contributed by atoms with E-state index in [4.69, 9.17) is 5.73 Å². The number of hydrogen-bond donors (Lipinski definition) is 1. The molecule has 1 aromatic heterocycles. The van der Waals surface area contributed by atoms with Crippen molar-refractivity contribution in [1.29, 1.82) is 0 Å². The molecule has 3 heteroatoms. The van der Waals surface area contributed by atoms with Crippen LogP contribution in [0.15, 0.2) is 24.3 Å². The quantitative estimate of drug-likeness (QED) is 0.834. The van der Waals surface area contributed by atoms with E-state index in [1.165, 1.54) is 11.1 Å². The van der Waals surface area contributed by atoms with Crippen LogP contribution in [0, 0.1) is 13.8 Å². The molecule has 0 aliphatic carbocycles. The van der Waals surface area contributed by atoms with Crippen LogP contribution < -0.4 is 5.73 Å². The first-order valence-corrected chi connectivity index (χ1v) is 5.43. The van der Waals surface area contributed by atoms with Crippen LogP contribution in [0.2, 0.25) is 0 Å². The minimum atomic E-state index is 0.531. The normalized spacial score (nSPS) is 10.8. The molecule has 84 valence electrons. The van der Waals surface area contributed by atoms with Crippen LogP contribution >= 0.6 is 0 Å². The van der Waals surface area contributed by atoms with Crippen molar-refractivity contribution in [3.63, 3.8) is 0 Å². The van der Waals surface area contributed by atoms with Gasteiger partial charge in [-0.15, -0.1) is 0 Å². The number of hydrogen-bond acceptors (Lipinski definition) is 2. The molecule has 0 bridgehead atoms. The first kappa shape index (κ1) is 10.9. The second-order valence-electron chi connectivity index (χ2n) is 4.11. The van der Waals surface area contributed by atoms with E-state index in [0.717, 1.165) is 17.0 Å². The van der Waals surface area contributed by atoms with E-state index in [-0.39, 0.29) is 0 Å². The van der Waals surface area contributed by atoms with Gasteiger partial charge in [0.15, 0.2) is 0 Å². The van der Waals surface area contributed by atoms with Crippen molar-refractivity contribution < 1.29 is 0 Å². The number of aryl methyl sites for hydroxylation is 3. The number of benzene rings is 1. The maximum atomic E-state index is 5.78. The Morgan fingerprint density at radius 1 is 1.19 bits per heavy atom. The highest BCUT2D eigenvalue weighted by Gasteiger charge is 2.12. The van der Waals surface area contributed by atoms with Gasteiger partial charge >= 0.3 is 0 Å². The van der Waals surface area contributed by atoms with E-state index in [2.05, 4.69) is 36.3 Å². The zero-order valence-electron chi connectivity index (χ0n) is 9.99. The van der Waals surface area contributed by atoms with Crippen LogP contribution in [0.5, 0.6) is 0 Å². The average molecular weight is 215 g/mol. The molecule has 0 radical (unpaired) electrons. The molecule has 0 aliphatic heterocycles. The van der Waals surface area contributed by atoms with Gasteiger partial charge in [0.25, 0.3) is 0 Å². The Labute approximate surface area is 95.9 Å². The van der Waals surface area contributed by atoms with Gasteiger partial charge in [-0.2, -0.15) is 5.10 Å². The van der Waals surface area contributed by atoms with Crippen LogP contribution in [-0.4, -0.2) is 9.78 Å². The number of aromatic nitrogens is 2. The van der Waals surface area contributed by atoms with E-state index in [0.29, 0.717) is 6.54 Å². The second-order valence-corrected chi connectivity index (χ2v) is 4.11. The third kappa shape index (κ3) is 1.74. The highest BCUT2D eigenvalue weighted by Crippen LogP contribution is 2.25. The highest BCUT2D eigenvalue weighted by atomic mass is 15.3. The molecule has 16 heavy (non-hydrogen) atoms. The molecule has 0 aliphatic rings. The van der Waals surface area contributed by atoms with Crippen LogP contribution in [0.3, 0.4) is 0 Å². The summed E-state index contributed by atoms with van der Waals surface area (Å²) in [4.78, 5) is 0. The summed E-state index contributed by atoms with van der Waals surface area (Å²) in [7, 11) is 1.96. The molecule has 2 aromatic rings. The van der Waals surface area contributed by atoms with Crippen LogP contribution in [0.1, 0.15) is 16.8 Å². The smallest absolute Gasteiger partial charge is 0.0726 e. The molecule has 0 amide bonds. The number of rotatable bonds is 2. The Balaban J connectivity index is 2.59. The molecule has 3 nitrogen and oxygen atoms in total. The van der Waals surface area contributed by atoms with Crippen molar-refractivity contribution >= 4 is 0 Å². The van der Waals surface area contributed by atoms with Crippen molar-refractivity contribution in [3.8, 4) is 11.3 Å². The minimum absolute atomic E-state index is 0.531. The summed E-state index contributed by atoms with van der Waals surface area (Å²) in [5.74, 6) is 0. The maximum Gasteiger partial charge on any atom is 0.0726 e. The SMILES string of the molecule is Cc1ccc(-c2c(CN)c(C)nn2C)cc1. The van der Waals surface area contributed by atoms with E-state index < -0.39 is 0 Å². The van der Waals surface area contributed by atoms with E-state index >= 15 is 0 Å². The van der Waals surface area contributed by atoms with E-state index in [1.807, 2.05) is 18.7 Å². The monoisotopic (exact) mass is 215 g/mol. The zero-order chi connectivity index (χ0) is 11.7. The molecule has 0 saturated carbocycles. The van der Waals surface area contributed by atoms with Crippen LogP contribution in [0.4, 0.5) is 0 Å². The largest absolute Gasteiger partial charge is 0.326 e. The standard InChI is InChI=1S/C13H17N3/c1-9-4-6-11(7-5-9)13-12(8-14)10(2)15-16(13)3/h4-7H,8,14H2,1-3H3. The van der Waals surface area contributed by atoms with Crippen molar-refractivity contribution in [2.24, 2.45) is 12.8 Å². The van der Waals surface area contributed by atoms with Crippen molar-refractivity contribution in [2.45, 2.75) is 20.4 Å². The molecule has 1 heterocycles. The van der Waals surface area contributed by atoms with Crippen LogP contribution in [0.25, 0.3) is 11.3 Å². The predicted molar refractivity (Wildman–Crippen MR) is 66.0 cm³/mol. The Morgan fingerprint density at radius 2 is 1.81 bits per heavy atom. The summed E-state index contributed by atoms with van der Waals surface area (Å²) in [6.07, 6.45) is 0. The molecular formula is C13H17N3. The van der Waals surface area contributed by atoms with E-state index in [1.54, 1.807) is 0 Å². The Hall–Kier alpha value is -1.61. The van der Waals surface area contributed by atoms with Crippen molar-refractivity contribution in [1.82, 2.24) is 9.78 Å². The van der Waals surface area contributed by atoms with Gasteiger partial charge in [-0.1, -0.05) is 29.8 Å². The van der Waals surface area contributed by atoms with Gasteiger partial charge in [0, 0.05) is 24.7 Å². The van der Waals surface area contributed by atoms with Gasteiger partial charge in [-0.25, -0.2) is 0 Å². The summed E-state index contributed by atoms with van der Waals surface area (Å²) in [6.45, 7) is 4.62. The summed E-state index contributed by atoms with van der Waals surface area (Å²) in [6, 6.07) is 8.45. The molecule has 0 spiro atoms. The fourth-order valence-electron chi connectivity index (χ4n) is 2.02. The molecular weight excluding hydrogens is 198 g/mol. The molecule has 0 atom stereocenters. The lowest BCUT2D eigenvalue weighted by Crippen LogP contribution is -2.00. The van der Waals surface area contributed by atoms with Crippen molar-refractivity contribution in [2.75, 3.05) is 0 Å². The highest BCUT2D eigenvalue weighted by molar-refractivity contribution is 5.64. The molecule has 2 rings (SSSR count). The minimum Gasteiger partial charge on any atom is -0.326 e. The molecule has 0 unspecified atom stereocenters. The molecule has 0 fully saturated rings. The fourth-order valence-corrected chi connectivity index (χ4v) is 2.02. The van der Waals surface area contributed by atoms with Gasteiger partial charge in [0.2, 0.25) is 0 Å².